The zero-order valence-electron chi connectivity index (χ0n) is 12.6. The highest BCUT2D eigenvalue weighted by Gasteiger charge is 2.24. The molecular formula is C15H30N4. The van der Waals surface area contributed by atoms with Crippen LogP contribution in [0.25, 0.3) is 0 Å². The van der Waals surface area contributed by atoms with Crippen molar-refractivity contribution >= 4 is 5.96 Å². The minimum Gasteiger partial charge on any atom is -0.370 e. The molecule has 0 amide bonds. The summed E-state index contributed by atoms with van der Waals surface area (Å²) in [6.45, 7) is 10.1. The number of likely N-dealkylation sites (tertiary alicyclic amines) is 2. The SMILES string of the molecule is CC(C)CN1CCC[C@@H]1CN=C(N)N1CCCCC1. The van der Waals surface area contributed by atoms with Gasteiger partial charge < -0.3 is 10.6 Å². The Hall–Kier alpha value is -0.770. The molecule has 0 saturated carbocycles. The first-order chi connectivity index (χ1) is 9.16. The number of aliphatic imine (C=N–C) groups is 1. The summed E-state index contributed by atoms with van der Waals surface area (Å²) in [5.74, 6) is 1.51. The number of rotatable bonds is 4. The first-order valence-corrected chi connectivity index (χ1v) is 7.95. The molecule has 2 saturated heterocycles. The van der Waals surface area contributed by atoms with E-state index in [1.165, 1.54) is 45.2 Å². The summed E-state index contributed by atoms with van der Waals surface area (Å²) >= 11 is 0. The lowest BCUT2D eigenvalue weighted by Crippen LogP contribution is -2.42. The summed E-state index contributed by atoms with van der Waals surface area (Å²) in [4.78, 5) is 9.52. The number of hydrogen-bond acceptors (Lipinski definition) is 2. The molecule has 2 aliphatic heterocycles. The number of nitrogens with zero attached hydrogens (tertiary/aromatic N) is 3. The van der Waals surface area contributed by atoms with Crippen molar-refractivity contribution in [2.24, 2.45) is 16.6 Å². The van der Waals surface area contributed by atoms with Crippen molar-refractivity contribution in [2.75, 3.05) is 32.7 Å². The molecule has 110 valence electrons. The van der Waals surface area contributed by atoms with Crippen LogP contribution >= 0.6 is 0 Å². The Labute approximate surface area is 118 Å². The van der Waals surface area contributed by atoms with Crippen molar-refractivity contribution < 1.29 is 0 Å². The molecule has 0 aromatic carbocycles. The van der Waals surface area contributed by atoms with Gasteiger partial charge in [0.25, 0.3) is 0 Å². The summed E-state index contributed by atoms with van der Waals surface area (Å²) in [5, 5.41) is 0. The first kappa shape index (κ1) is 14.6. The fourth-order valence-corrected chi connectivity index (χ4v) is 3.23. The van der Waals surface area contributed by atoms with Crippen LogP contribution in [0.3, 0.4) is 0 Å². The van der Waals surface area contributed by atoms with Gasteiger partial charge in [0.15, 0.2) is 5.96 Å². The number of guanidine groups is 1. The van der Waals surface area contributed by atoms with E-state index in [4.69, 9.17) is 5.73 Å². The lowest BCUT2D eigenvalue weighted by Gasteiger charge is -2.29. The maximum absolute atomic E-state index is 6.13. The van der Waals surface area contributed by atoms with Crippen LogP contribution < -0.4 is 5.73 Å². The summed E-state index contributed by atoms with van der Waals surface area (Å²) in [6, 6.07) is 0.616. The Kier molecular flexibility index (Phi) is 5.49. The highest BCUT2D eigenvalue weighted by molar-refractivity contribution is 5.78. The van der Waals surface area contributed by atoms with Crippen LogP contribution in [0.2, 0.25) is 0 Å². The second-order valence-corrected chi connectivity index (χ2v) is 6.43. The molecule has 2 heterocycles. The van der Waals surface area contributed by atoms with E-state index in [9.17, 15) is 0 Å². The minimum absolute atomic E-state index is 0.616. The second-order valence-electron chi connectivity index (χ2n) is 6.43. The maximum Gasteiger partial charge on any atom is 0.191 e. The highest BCUT2D eigenvalue weighted by atomic mass is 15.3. The molecule has 0 unspecified atom stereocenters. The molecule has 0 aliphatic carbocycles. The fraction of sp³-hybridized carbons (Fsp3) is 0.933. The van der Waals surface area contributed by atoms with Crippen molar-refractivity contribution in [3.05, 3.63) is 0 Å². The quantitative estimate of drug-likeness (QED) is 0.624. The van der Waals surface area contributed by atoms with E-state index in [1.807, 2.05) is 0 Å². The second kappa shape index (κ2) is 7.13. The largest absolute Gasteiger partial charge is 0.370 e. The summed E-state index contributed by atoms with van der Waals surface area (Å²) < 4.78 is 0. The van der Waals surface area contributed by atoms with Gasteiger partial charge in [-0.05, 0) is 44.6 Å². The minimum atomic E-state index is 0.616. The molecule has 0 bridgehead atoms. The van der Waals surface area contributed by atoms with Crippen molar-refractivity contribution in [3.63, 3.8) is 0 Å². The summed E-state index contributed by atoms with van der Waals surface area (Å²) in [6.07, 6.45) is 6.47. The zero-order chi connectivity index (χ0) is 13.7. The van der Waals surface area contributed by atoms with Crippen LogP contribution in [0, 0.1) is 5.92 Å². The van der Waals surface area contributed by atoms with E-state index in [0.717, 1.165) is 31.5 Å². The van der Waals surface area contributed by atoms with Gasteiger partial charge in [-0.3, -0.25) is 9.89 Å². The molecular weight excluding hydrogens is 236 g/mol. The molecule has 1 atom stereocenters. The molecule has 4 heteroatoms. The van der Waals surface area contributed by atoms with Gasteiger partial charge >= 0.3 is 0 Å². The Morgan fingerprint density at radius 2 is 1.89 bits per heavy atom. The van der Waals surface area contributed by atoms with Gasteiger partial charge in [0.2, 0.25) is 0 Å². The molecule has 2 aliphatic rings. The number of piperidine rings is 1. The van der Waals surface area contributed by atoms with Gasteiger partial charge in [-0.1, -0.05) is 13.8 Å². The van der Waals surface area contributed by atoms with Crippen LogP contribution in [0.5, 0.6) is 0 Å². The van der Waals surface area contributed by atoms with Crippen LogP contribution in [-0.2, 0) is 0 Å². The van der Waals surface area contributed by atoms with Crippen LogP contribution in [0.4, 0.5) is 0 Å². The summed E-state index contributed by atoms with van der Waals surface area (Å²) in [7, 11) is 0. The third-order valence-corrected chi connectivity index (χ3v) is 4.24. The highest BCUT2D eigenvalue weighted by Crippen LogP contribution is 2.19. The lowest BCUT2D eigenvalue weighted by atomic mass is 10.1. The van der Waals surface area contributed by atoms with E-state index < -0.39 is 0 Å². The molecule has 0 radical (unpaired) electrons. The van der Waals surface area contributed by atoms with Crippen molar-refractivity contribution in [3.8, 4) is 0 Å². The third-order valence-electron chi connectivity index (χ3n) is 4.24. The Balaban J connectivity index is 1.82. The normalized spacial score (nSPS) is 26.4. The van der Waals surface area contributed by atoms with Crippen molar-refractivity contribution in [2.45, 2.75) is 52.0 Å². The van der Waals surface area contributed by atoms with Crippen molar-refractivity contribution in [1.82, 2.24) is 9.80 Å². The van der Waals surface area contributed by atoms with Gasteiger partial charge in [0.05, 0.1) is 6.54 Å². The average Bonchev–Trinajstić information content (AvgIpc) is 2.83. The monoisotopic (exact) mass is 266 g/mol. The first-order valence-electron chi connectivity index (χ1n) is 7.95. The number of hydrogen-bond donors (Lipinski definition) is 1. The molecule has 0 aromatic heterocycles. The molecule has 2 fully saturated rings. The van der Waals surface area contributed by atoms with Crippen LogP contribution in [-0.4, -0.2) is 54.5 Å². The van der Waals surface area contributed by atoms with Gasteiger partial charge in [-0.2, -0.15) is 0 Å². The predicted octanol–water partition coefficient (Wildman–Crippen LogP) is 1.91. The topological polar surface area (TPSA) is 44.9 Å². The van der Waals surface area contributed by atoms with E-state index in [-0.39, 0.29) is 0 Å². The molecule has 2 N–H and O–H groups in total. The van der Waals surface area contributed by atoms with E-state index in [2.05, 4.69) is 28.6 Å². The fourth-order valence-electron chi connectivity index (χ4n) is 3.23. The molecule has 0 spiro atoms. The molecule has 19 heavy (non-hydrogen) atoms. The Morgan fingerprint density at radius 3 is 2.58 bits per heavy atom. The smallest absolute Gasteiger partial charge is 0.191 e. The predicted molar refractivity (Wildman–Crippen MR) is 81.3 cm³/mol. The van der Waals surface area contributed by atoms with Crippen LogP contribution in [0.15, 0.2) is 4.99 Å². The Morgan fingerprint density at radius 1 is 1.16 bits per heavy atom. The molecule has 2 rings (SSSR count). The van der Waals surface area contributed by atoms with Gasteiger partial charge in [0, 0.05) is 25.7 Å². The summed E-state index contributed by atoms with van der Waals surface area (Å²) in [5.41, 5.74) is 6.13. The van der Waals surface area contributed by atoms with E-state index >= 15 is 0 Å². The maximum atomic E-state index is 6.13. The van der Waals surface area contributed by atoms with E-state index in [1.54, 1.807) is 0 Å². The van der Waals surface area contributed by atoms with E-state index in [0.29, 0.717) is 6.04 Å². The lowest BCUT2D eigenvalue weighted by molar-refractivity contribution is 0.230. The van der Waals surface area contributed by atoms with Gasteiger partial charge in [-0.15, -0.1) is 0 Å². The zero-order valence-corrected chi connectivity index (χ0v) is 12.6. The van der Waals surface area contributed by atoms with Crippen LogP contribution in [0.1, 0.15) is 46.0 Å². The molecule has 0 aromatic rings. The van der Waals surface area contributed by atoms with Gasteiger partial charge in [-0.25, -0.2) is 0 Å². The Bertz CT molecular complexity index is 295. The standard InChI is InChI=1S/C15H30N4/c1-13(2)12-19-10-6-7-14(19)11-17-15(16)18-8-4-3-5-9-18/h13-14H,3-12H2,1-2H3,(H2,16,17)/t14-/m1/s1. The average molecular weight is 266 g/mol. The molecule has 4 nitrogen and oxygen atoms in total. The number of nitrogens with two attached hydrogens (primary N) is 1. The van der Waals surface area contributed by atoms with Gasteiger partial charge in [0.1, 0.15) is 0 Å². The third kappa shape index (κ3) is 4.37. The van der Waals surface area contributed by atoms with Crippen molar-refractivity contribution in [1.29, 1.82) is 0 Å².